The molecule has 0 spiro atoms. The van der Waals surface area contributed by atoms with Crippen molar-refractivity contribution < 1.29 is 5.11 Å². The second-order valence-corrected chi connectivity index (χ2v) is 13.0. The third-order valence-electron chi connectivity index (χ3n) is 7.29. The first-order valence-corrected chi connectivity index (χ1v) is 13.7. The first kappa shape index (κ1) is 27.9. The second kappa shape index (κ2) is 10.9. The molecule has 0 aliphatic carbocycles. The molecule has 0 amide bonds. The van der Waals surface area contributed by atoms with Crippen molar-refractivity contribution in [2.45, 2.75) is 118 Å². The summed E-state index contributed by atoms with van der Waals surface area (Å²) in [7, 11) is 0.614. The molecule has 2 aromatic carbocycles. The van der Waals surface area contributed by atoms with Crippen LogP contribution in [-0.2, 0) is 17.1 Å². The molecule has 1 unspecified atom stereocenters. The Morgan fingerprint density at radius 1 is 0.909 bits per heavy atom. The van der Waals surface area contributed by atoms with Crippen LogP contribution in [-0.4, -0.2) is 22.1 Å². The number of benzene rings is 2. The second-order valence-electron chi connectivity index (χ2n) is 11.3. The number of aryl methyl sites for hydroxylation is 2. The van der Waals surface area contributed by atoms with Gasteiger partial charge in [0.1, 0.15) is 5.75 Å². The summed E-state index contributed by atoms with van der Waals surface area (Å²) < 4.78 is 0. The Balaban J connectivity index is 2.66. The van der Waals surface area contributed by atoms with E-state index in [0.717, 1.165) is 30.5 Å². The molecule has 1 atom stereocenters. The van der Waals surface area contributed by atoms with Gasteiger partial charge < -0.3 is 5.11 Å². The van der Waals surface area contributed by atoms with Crippen molar-refractivity contribution in [2.75, 3.05) is 0 Å². The highest BCUT2D eigenvalue weighted by atomic mass is 31.1. The van der Waals surface area contributed by atoms with Gasteiger partial charge in [0.15, 0.2) is 0 Å². The van der Waals surface area contributed by atoms with Crippen LogP contribution in [0.1, 0.15) is 103 Å². The predicted molar refractivity (Wildman–Crippen MR) is 149 cm³/mol. The Morgan fingerprint density at radius 3 is 1.97 bits per heavy atom. The van der Waals surface area contributed by atoms with E-state index < -0.39 is 0 Å². The van der Waals surface area contributed by atoms with Crippen LogP contribution in [0.4, 0.5) is 0 Å². The first-order chi connectivity index (χ1) is 15.3. The molecule has 0 saturated carbocycles. The van der Waals surface area contributed by atoms with Crippen molar-refractivity contribution in [1.29, 1.82) is 0 Å². The smallest absolute Gasteiger partial charge is 0.122 e. The van der Waals surface area contributed by atoms with Gasteiger partial charge in [-0.05, 0) is 87.4 Å². The van der Waals surface area contributed by atoms with Gasteiger partial charge in [0.2, 0.25) is 0 Å². The van der Waals surface area contributed by atoms with Crippen LogP contribution < -0.4 is 5.30 Å². The number of nitrogens with zero attached hydrogens (tertiary/aromatic N) is 1. The highest BCUT2D eigenvalue weighted by Gasteiger charge is 2.35. The van der Waals surface area contributed by atoms with E-state index in [1.54, 1.807) is 0 Å². The van der Waals surface area contributed by atoms with Gasteiger partial charge in [-0.25, -0.2) is 0 Å². The summed E-state index contributed by atoms with van der Waals surface area (Å²) in [5, 5.41) is 12.7. The van der Waals surface area contributed by atoms with Crippen molar-refractivity contribution in [3.05, 3.63) is 58.1 Å². The zero-order valence-electron chi connectivity index (χ0n) is 23.1. The number of aromatic hydroxyl groups is 1. The summed E-state index contributed by atoms with van der Waals surface area (Å²) in [6, 6.07) is 12.2. The number of phenolic OH excluding ortho intramolecular Hbond substituents is 1. The van der Waals surface area contributed by atoms with E-state index in [2.05, 4.69) is 111 Å². The molecule has 0 bridgehead atoms. The molecule has 2 aromatic rings. The van der Waals surface area contributed by atoms with Gasteiger partial charge in [-0.15, -0.1) is 0 Å². The quantitative estimate of drug-likeness (QED) is 0.377. The highest BCUT2D eigenvalue weighted by molar-refractivity contribution is 7.48. The average Bonchev–Trinajstić information content (AvgIpc) is 2.72. The van der Waals surface area contributed by atoms with Crippen molar-refractivity contribution >= 4 is 13.9 Å². The fourth-order valence-electron chi connectivity index (χ4n) is 4.89. The fourth-order valence-corrected chi connectivity index (χ4v) is 6.65. The average molecular weight is 470 g/mol. The third kappa shape index (κ3) is 6.20. The molecule has 184 valence electrons. The molecule has 0 fully saturated rings. The lowest BCUT2D eigenvalue weighted by molar-refractivity contribution is 0.166. The Bertz CT molecular complexity index is 927. The SMILES string of the molecule is CCC(CC)(Pc1c(C)cccc1CN(C(C)C)C(C)C)c1cc(C(C)(C)C)cc(C)c1O. The maximum absolute atomic E-state index is 11.3. The molecule has 0 aliphatic heterocycles. The van der Waals surface area contributed by atoms with Gasteiger partial charge in [-0.2, -0.15) is 0 Å². The number of rotatable bonds is 9. The Kier molecular flexibility index (Phi) is 9.22. The number of hydrogen-bond acceptors (Lipinski definition) is 2. The van der Waals surface area contributed by atoms with Crippen molar-refractivity contribution in [3.63, 3.8) is 0 Å². The van der Waals surface area contributed by atoms with Crippen LogP contribution >= 0.6 is 8.58 Å². The molecule has 0 aromatic heterocycles. The largest absolute Gasteiger partial charge is 0.507 e. The number of phenols is 1. The summed E-state index contributed by atoms with van der Waals surface area (Å²) in [4.78, 5) is 2.57. The van der Waals surface area contributed by atoms with Gasteiger partial charge in [-0.3, -0.25) is 4.90 Å². The number of hydrogen-bond donors (Lipinski definition) is 1. The van der Waals surface area contributed by atoms with Crippen LogP contribution in [0.3, 0.4) is 0 Å². The maximum atomic E-state index is 11.3. The van der Waals surface area contributed by atoms with Crippen molar-refractivity contribution in [2.24, 2.45) is 0 Å². The highest BCUT2D eigenvalue weighted by Crippen LogP contribution is 2.52. The Hall–Kier alpha value is -1.37. The van der Waals surface area contributed by atoms with Crippen LogP contribution in [0.15, 0.2) is 30.3 Å². The Labute approximate surface area is 206 Å². The summed E-state index contributed by atoms with van der Waals surface area (Å²) in [5.41, 5.74) is 6.28. The Morgan fingerprint density at radius 2 is 1.48 bits per heavy atom. The summed E-state index contributed by atoms with van der Waals surface area (Å²) in [6.07, 6.45) is 2.02. The summed E-state index contributed by atoms with van der Waals surface area (Å²) in [5.74, 6) is 0.486. The van der Waals surface area contributed by atoms with Crippen LogP contribution in [0, 0.1) is 13.8 Å². The topological polar surface area (TPSA) is 23.5 Å². The van der Waals surface area contributed by atoms with E-state index in [-0.39, 0.29) is 10.6 Å². The zero-order valence-corrected chi connectivity index (χ0v) is 24.1. The predicted octanol–water partition coefficient (Wildman–Crippen LogP) is 7.94. The lowest BCUT2D eigenvalue weighted by Gasteiger charge is -2.37. The standard InChI is InChI=1S/C30H48NOP/c1-12-30(13-2,26-18-25(29(9,10)11)17-23(8)27(26)32)33-28-22(7)15-14-16-24(28)19-31(20(3)4)21(5)6/h14-18,20-21,32-33H,12-13,19H2,1-11H3. The maximum Gasteiger partial charge on any atom is 0.122 e. The van der Waals surface area contributed by atoms with Crippen molar-refractivity contribution in [3.8, 4) is 5.75 Å². The minimum absolute atomic E-state index is 0.0480. The third-order valence-corrected chi connectivity index (χ3v) is 9.71. The monoisotopic (exact) mass is 469 g/mol. The van der Waals surface area contributed by atoms with Crippen LogP contribution in [0.25, 0.3) is 0 Å². The normalized spacial score (nSPS) is 13.3. The van der Waals surface area contributed by atoms with E-state index in [1.807, 2.05) is 0 Å². The fraction of sp³-hybridized carbons (Fsp3) is 0.600. The lowest BCUT2D eigenvalue weighted by Crippen LogP contribution is -2.37. The molecule has 2 nitrogen and oxygen atoms in total. The molecular formula is C30H48NOP. The van der Waals surface area contributed by atoms with E-state index in [1.165, 1.54) is 22.0 Å². The lowest BCUT2D eigenvalue weighted by atomic mass is 9.81. The van der Waals surface area contributed by atoms with Crippen LogP contribution in [0.2, 0.25) is 0 Å². The molecular weight excluding hydrogens is 421 g/mol. The molecule has 2 rings (SSSR count). The molecule has 0 saturated heterocycles. The van der Waals surface area contributed by atoms with E-state index in [9.17, 15) is 5.11 Å². The first-order valence-electron chi connectivity index (χ1n) is 12.7. The molecule has 0 aliphatic rings. The minimum Gasteiger partial charge on any atom is -0.507 e. The molecule has 0 radical (unpaired) electrons. The van der Waals surface area contributed by atoms with Crippen molar-refractivity contribution in [1.82, 2.24) is 4.90 Å². The molecule has 3 heteroatoms. The summed E-state index contributed by atoms with van der Waals surface area (Å²) in [6.45, 7) is 25.8. The van der Waals surface area contributed by atoms with E-state index in [0.29, 0.717) is 26.4 Å². The van der Waals surface area contributed by atoms with Crippen LogP contribution in [0.5, 0.6) is 5.75 Å². The van der Waals surface area contributed by atoms with Gasteiger partial charge in [-0.1, -0.05) is 73.5 Å². The van der Waals surface area contributed by atoms with Gasteiger partial charge in [0.25, 0.3) is 0 Å². The van der Waals surface area contributed by atoms with Gasteiger partial charge in [0.05, 0.1) is 0 Å². The molecule has 0 heterocycles. The summed E-state index contributed by atoms with van der Waals surface area (Å²) >= 11 is 0. The van der Waals surface area contributed by atoms with Gasteiger partial charge >= 0.3 is 0 Å². The van der Waals surface area contributed by atoms with Gasteiger partial charge in [0, 0.05) is 29.3 Å². The minimum atomic E-state index is -0.0720. The van der Waals surface area contributed by atoms with E-state index >= 15 is 0 Å². The molecule has 1 N–H and O–H groups in total. The van der Waals surface area contributed by atoms with E-state index in [4.69, 9.17) is 0 Å². The molecule has 33 heavy (non-hydrogen) atoms. The zero-order chi connectivity index (χ0) is 25.1.